The molecule has 2 nitrogen and oxygen atoms in total. The quantitative estimate of drug-likeness (QED) is 0.508. The van der Waals surface area contributed by atoms with Crippen molar-refractivity contribution < 1.29 is 4.79 Å². The van der Waals surface area contributed by atoms with Crippen LogP contribution in [0.1, 0.15) is 38.5 Å². The van der Waals surface area contributed by atoms with Gasteiger partial charge in [-0.15, -0.1) is 11.6 Å². The molecule has 0 unspecified atom stereocenters. The largest absolute Gasteiger partial charge is 0.343 e. The number of hydrogen-bond acceptors (Lipinski definition) is 1. The maximum atomic E-state index is 11.5. The average molecular weight is 204 g/mol. The summed E-state index contributed by atoms with van der Waals surface area (Å²) in [6, 6.07) is 0. The van der Waals surface area contributed by atoms with Crippen LogP contribution in [0.15, 0.2) is 0 Å². The lowest BCUT2D eigenvalue weighted by Gasteiger charge is -2.19. The SMILES string of the molecule is O=C1CCCCCN1CCCCCl. The Balaban J connectivity index is 2.24. The molecule has 0 atom stereocenters. The summed E-state index contributed by atoms with van der Waals surface area (Å²) >= 11 is 5.58. The zero-order valence-electron chi connectivity index (χ0n) is 8.10. The van der Waals surface area contributed by atoms with Crippen molar-refractivity contribution in [3.63, 3.8) is 0 Å². The molecule has 0 aromatic rings. The first kappa shape index (κ1) is 10.8. The smallest absolute Gasteiger partial charge is 0.222 e. The molecule has 1 heterocycles. The van der Waals surface area contributed by atoms with Crippen LogP contribution < -0.4 is 0 Å². The number of likely N-dealkylation sites (tertiary alicyclic amines) is 1. The molecule has 0 saturated carbocycles. The van der Waals surface area contributed by atoms with Crippen LogP contribution in [0.3, 0.4) is 0 Å². The molecule has 0 N–H and O–H groups in total. The molecule has 0 aliphatic carbocycles. The number of carbonyl (C=O) groups excluding carboxylic acids is 1. The van der Waals surface area contributed by atoms with Gasteiger partial charge < -0.3 is 4.90 Å². The fourth-order valence-electron chi connectivity index (χ4n) is 1.67. The van der Waals surface area contributed by atoms with Crippen LogP contribution in [0, 0.1) is 0 Å². The van der Waals surface area contributed by atoms with Gasteiger partial charge in [0.1, 0.15) is 0 Å². The van der Waals surface area contributed by atoms with Gasteiger partial charge in [-0.2, -0.15) is 0 Å². The van der Waals surface area contributed by atoms with Crippen molar-refractivity contribution in [2.24, 2.45) is 0 Å². The normalized spacial score (nSPS) is 18.8. The number of amides is 1. The maximum absolute atomic E-state index is 11.5. The lowest BCUT2D eigenvalue weighted by molar-refractivity contribution is -0.130. The van der Waals surface area contributed by atoms with Crippen LogP contribution in [0.25, 0.3) is 0 Å². The van der Waals surface area contributed by atoms with Gasteiger partial charge in [0.25, 0.3) is 0 Å². The second-order valence-electron chi connectivity index (χ2n) is 3.59. The lowest BCUT2D eigenvalue weighted by Crippen LogP contribution is -2.31. The summed E-state index contributed by atoms with van der Waals surface area (Å²) < 4.78 is 0. The molecule has 1 fully saturated rings. The van der Waals surface area contributed by atoms with E-state index >= 15 is 0 Å². The second-order valence-corrected chi connectivity index (χ2v) is 3.97. The van der Waals surface area contributed by atoms with E-state index in [2.05, 4.69) is 0 Å². The highest BCUT2D eigenvalue weighted by molar-refractivity contribution is 6.17. The fraction of sp³-hybridized carbons (Fsp3) is 0.900. The van der Waals surface area contributed by atoms with E-state index in [4.69, 9.17) is 11.6 Å². The highest BCUT2D eigenvalue weighted by Crippen LogP contribution is 2.11. The van der Waals surface area contributed by atoms with Crippen LogP contribution in [0.5, 0.6) is 0 Å². The predicted molar refractivity (Wildman–Crippen MR) is 55.0 cm³/mol. The minimum absolute atomic E-state index is 0.340. The molecule has 0 aromatic carbocycles. The number of nitrogens with zero attached hydrogens (tertiary/aromatic N) is 1. The summed E-state index contributed by atoms with van der Waals surface area (Å²) in [5.74, 6) is 1.05. The Hall–Kier alpha value is -0.240. The fourth-order valence-corrected chi connectivity index (χ4v) is 1.86. The van der Waals surface area contributed by atoms with Gasteiger partial charge in [0.15, 0.2) is 0 Å². The van der Waals surface area contributed by atoms with Crippen molar-refractivity contribution in [3.8, 4) is 0 Å². The molecular formula is C10H18ClNO. The Kier molecular flexibility index (Phi) is 5.21. The Morgan fingerprint density at radius 1 is 1.23 bits per heavy atom. The molecule has 0 bridgehead atoms. The van der Waals surface area contributed by atoms with Crippen LogP contribution in [0.4, 0.5) is 0 Å². The van der Waals surface area contributed by atoms with Gasteiger partial charge in [-0.05, 0) is 25.7 Å². The first-order chi connectivity index (χ1) is 6.34. The first-order valence-electron chi connectivity index (χ1n) is 5.18. The van der Waals surface area contributed by atoms with E-state index in [1.54, 1.807) is 0 Å². The highest BCUT2D eigenvalue weighted by atomic mass is 35.5. The lowest BCUT2D eigenvalue weighted by atomic mass is 10.2. The van der Waals surface area contributed by atoms with Crippen LogP contribution in [-0.2, 0) is 4.79 Å². The molecule has 1 aliphatic rings. The van der Waals surface area contributed by atoms with Gasteiger partial charge in [0.05, 0.1) is 0 Å². The second kappa shape index (κ2) is 6.25. The van der Waals surface area contributed by atoms with Crippen molar-refractivity contribution in [1.82, 2.24) is 4.90 Å². The number of unbranched alkanes of at least 4 members (excludes halogenated alkanes) is 1. The Bertz CT molecular complexity index is 161. The Morgan fingerprint density at radius 2 is 2.08 bits per heavy atom. The molecule has 1 aliphatic heterocycles. The molecule has 3 heteroatoms. The summed E-state index contributed by atoms with van der Waals surface area (Å²) in [5.41, 5.74) is 0. The Morgan fingerprint density at radius 3 is 2.85 bits per heavy atom. The minimum Gasteiger partial charge on any atom is -0.343 e. The van der Waals surface area contributed by atoms with E-state index in [1.807, 2.05) is 4.90 Å². The van der Waals surface area contributed by atoms with Crippen molar-refractivity contribution in [2.75, 3.05) is 19.0 Å². The Labute approximate surface area is 85.2 Å². The summed E-state index contributed by atoms with van der Waals surface area (Å²) in [6.07, 6.45) is 6.27. The standard InChI is InChI=1S/C10H18ClNO/c11-7-3-5-9-12-8-4-1-2-6-10(12)13/h1-9H2. The van der Waals surface area contributed by atoms with E-state index < -0.39 is 0 Å². The molecule has 1 saturated heterocycles. The van der Waals surface area contributed by atoms with Crippen molar-refractivity contribution >= 4 is 17.5 Å². The summed E-state index contributed by atoms with van der Waals surface area (Å²) in [7, 11) is 0. The van der Waals surface area contributed by atoms with E-state index in [-0.39, 0.29) is 0 Å². The monoisotopic (exact) mass is 203 g/mol. The number of hydrogen-bond donors (Lipinski definition) is 0. The number of rotatable bonds is 4. The van der Waals surface area contributed by atoms with Crippen molar-refractivity contribution in [1.29, 1.82) is 0 Å². The number of carbonyl (C=O) groups is 1. The van der Waals surface area contributed by atoms with E-state index in [0.717, 1.165) is 38.8 Å². The summed E-state index contributed by atoms with van der Waals surface area (Å²) in [5, 5.41) is 0. The van der Waals surface area contributed by atoms with E-state index in [9.17, 15) is 4.79 Å². The van der Waals surface area contributed by atoms with Gasteiger partial charge in [0.2, 0.25) is 5.91 Å². The molecule has 13 heavy (non-hydrogen) atoms. The zero-order valence-corrected chi connectivity index (χ0v) is 8.85. The molecular weight excluding hydrogens is 186 g/mol. The predicted octanol–water partition coefficient (Wildman–Crippen LogP) is 2.41. The van der Waals surface area contributed by atoms with Crippen molar-refractivity contribution in [3.05, 3.63) is 0 Å². The molecule has 0 spiro atoms. The topological polar surface area (TPSA) is 20.3 Å². The highest BCUT2D eigenvalue weighted by Gasteiger charge is 2.15. The molecule has 76 valence electrons. The molecule has 0 radical (unpaired) electrons. The third-order valence-corrected chi connectivity index (χ3v) is 2.75. The van der Waals surface area contributed by atoms with Gasteiger partial charge in [-0.3, -0.25) is 4.79 Å². The molecule has 0 aromatic heterocycles. The van der Waals surface area contributed by atoms with Crippen LogP contribution in [-0.4, -0.2) is 29.8 Å². The molecule has 1 amide bonds. The first-order valence-corrected chi connectivity index (χ1v) is 5.72. The van der Waals surface area contributed by atoms with Crippen LogP contribution in [0.2, 0.25) is 0 Å². The summed E-state index contributed by atoms with van der Waals surface area (Å²) in [4.78, 5) is 13.5. The van der Waals surface area contributed by atoms with E-state index in [0.29, 0.717) is 11.8 Å². The van der Waals surface area contributed by atoms with Gasteiger partial charge in [-0.25, -0.2) is 0 Å². The van der Waals surface area contributed by atoms with Gasteiger partial charge >= 0.3 is 0 Å². The number of halogens is 1. The molecule has 1 rings (SSSR count). The third-order valence-electron chi connectivity index (χ3n) is 2.48. The third kappa shape index (κ3) is 3.99. The number of alkyl halides is 1. The van der Waals surface area contributed by atoms with Gasteiger partial charge in [0, 0.05) is 25.4 Å². The van der Waals surface area contributed by atoms with E-state index in [1.165, 1.54) is 12.8 Å². The average Bonchev–Trinajstić information content (AvgIpc) is 2.32. The van der Waals surface area contributed by atoms with Gasteiger partial charge in [-0.1, -0.05) is 6.42 Å². The summed E-state index contributed by atoms with van der Waals surface area (Å²) in [6.45, 7) is 1.87. The minimum atomic E-state index is 0.340. The van der Waals surface area contributed by atoms with Crippen molar-refractivity contribution in [2.45, 2.75) is 38.5 Å². The zero-order chi connectivity index (χ0) is 9.52. The van der Waals surface area contributed by atoms with Crippen LogP contribution >= 0.6 is 11.6 Å². The maximum Gasteiger partial charge on any atom is 0.222 e.